The Morgan fingerprint density at radius 1 is 1.64 bits per heavy atom. The van der Waals surface area contributed by atoms with Crippen LogP contribution < -0.4 is 0 Å². The monoisotopic (exact) mass is 196 g/mol. The first-order valence-electron chi connectivity index (χ1n) is 3.21. The molecule has 64 valence electrons. The Bertz CT molecular complexity index is 164. The maximum Gasteiger partial charge on any atom is 0.333 e. The van der Waals surface area contributed by atoms with Gasteiger partial charge in [0, 0.05) is 5.57 Å². The van der Waals surface area contributed by atoms with Gasteiger partial charge in [-0.05, 0) is 19.9 Å². The second kappa shape index (κ2) is 5.44. The van der Waals surface area contributed by atoms with E-state index >= 15 is 0 Å². The lowest BCUT2D eigenvalue weighted by molar-refractivity contribution is -0.138. The van der Waals surface area contributed by atoms with Gasteiger partial charge < -0.3 is 4.74 Å². The quantitative estimate of drug-likeness (QED) is 0.394. The van der Waals surface area contributed by atoms with Gasteiger partial charge in [0.15, 0.2) is 0 Å². The summed E-state index contributed by atoms with van der Waals surface area (Å²) in [5, 5.41) is 0. The van der Waals surface area contributed by atoms with Crippen molar-refractivity contribution in [3.05, 3.63) is 11.6 Å². The molecule has 0 atom stereocenters. The molecule has 0 radical (unpaired) electrons. The van der Waals surface area contributed by atoms with Crippen LogP contribution in [0.5, 0.6) is 0 Å². The summed E-state index contributed by atoms with van der Waals surface area (Å²) < 4.78 is 4.68. The highest BCUT2D eigenvalue weighted by Gasteiger charge is 2.05. The fraction of sp³-hybridized carbons (Fsp3) is 0.571. The van der Waals surface area contributed by atoms with Crippen molar-refractivity contribution in [1.29, 1.82) is 0 Å². The fourth-order valence-corrected chi connectivity index (χ4v) is 0.880. The molecular weight excluding hydrogens is 187 g/mol. The van der Waals surface area contributed by atoms with Crippen molar-refractivity contribution in [2.75, 3.05) is 6.61 Å². The molecule has 2 nitrogen and oxygen atoms in total. The molecule has 0 spiro atoms. The van der Waals surface area contributed by atoms with Gasteiger partial charge in [-0.15, -0.1) is 23.2 Å². The molecule has 0 aliphatic heterocycles. The molecule has 11 heavy (non-hydrogen) atoms. The number of ether oxygens (including phenoxy) is 1. The van der Waals surface area contributed by atoms with Gasteiger partial charge in [-0.2, -0.15) is 0 Å². The Balaban J connectivity index is 4.01. The van der Waals surface area contributed by atoms with Crippen LogP contribution >= 0.6 is 23.2 Å². The molecule has 0 amide bonds. The Hall–Kier alpha value is -0.210. The zero-order chi connectivity index (χ0) is 8.85. The molecule has 0 unspecified atom stereocenters. The zero-order valence-corrected chi connectivity index (χ0v) is 7.95. The smallest absolute Gasteiger partial charge is 0.333 e. The van der Waals surface area contributed by atoms with E-state index in [0.717, 1.165) is 0 Å². The van der Waals surface area contributed by atoms with Gasteiger partial charge in [0.25, 0.3) is 0 Å². The van der Waals surface area contributed by atoms with Crippen LogP contribution in [0, 0.1) is 0 Å². The van der Waals surface area contributed by atoms with Gasteiger partial charge in [0.1, 0.15) is 4.84 Å². The van der Waals surface area contributed by atoms with Crippen LogP contribution in [0.4, 0.5) is 0 Å². The van der Waals surface area contributed by atoms with Gasteiger partial charge >= 0.3 is 5.97 Å². The van der Waals surface area contributed by atoms with Crippen LogP contribution in [-0.4, -0.2) is 17.4 Å². The molecule has 0 aliphatic carbocycles. The van der Waals surface area contributed by atoms with Crippen molar-refractivity contribution in [2.24, 2.45) is 0 Å². The topological polar surface area (TPSA) is 26.3 Å². The Kier molecular flexibility index (Phi) is 5.34. The average molecular weight is 197 g/mol. The van der Waals surface area contributed by atoms with E-state index in [9.17, 15) is 4.79 Å². The molecule has 0 aliphatic rings. The Morgan fingerprint density at radius 3 is 2.55 bits per heavy atom. The zero-order valence-electron chi connectivity index (χ0n) is 6.43. The highest BCUT2D eigenvalue weighted by molar-refractivity contribution is 6.45. The van der Waals surface area contributed by atoms with E-state index in [2.05, 4.69) is 4.74 Å². The Labute approximate surface area is 76.1 Å². The SMILES string of the molecule is CCOC(=O)/C(C)=C/C(Cl)Cl. The number of esters is 1. The third-order valence-corrected chi connectivity index (χ3v) is 1.23. The maximum atomic E-state index is 10.9. The van der Waals surface area contributed by atoms with Gasteiger partial charge in [-0.1, -0.05) is 0 Å². The maximum absolute atomic E-state index is 10.9. The predicted octanol–water partition coefficient (Wildman–Crippen LogP) is 2.30. The van der Waals surface area contributed by atoms with Crippen molar-refractivity contribution >= 4 is 29.2 Å². The number of alkyl halides is 2. The summed E-state index contributed by atoms with van der Waals surface area (Å²) in [4.78, 5) is 10.2. The Morgan fingerprint density at radius 2 is 2.18 bits per heavy atom. The molecule has 0 aromatic heterocycles. The lowest BCUT2D eigenvalue weighted by atomic mass is 10.3. The molecular formula is C7H10Cl2O2. The molecule has 0 rings (SSSR count). The number of carbonyl (C=O) groups excluding carboxylic acids is 1. The second-order valence-electron chi connectivity index (χ2n) is 1.90. The average Bonchev–Trinajstić information content (AvgIpc) is 1.86. The second-order valence-corrected chi connectivity index (χ2v) is 3.07. The summed E-state index contributed by atoms with van der Waals surface area (Å²) in [7, 11) is 0. The highest BCUT2D eigenvalue weighted by atomic mass is 35.5. The molecule has 0 heterocycles. The molecule has 0 aromatic rings. The van der Waals surface area contributed by atoms with Crippen LogP contribution in [-0.2, 0) is 9.53 Å². The summed E-state index contributed by atoms with van der Waals surface area (Å²) in [6.07, 6.45) is 1.43. The van der Waals surface area contributed by atoms with Gasteiger partial charge in [-0.3, -0.25) is 0 Å². The summed E-state index contributed by atoms with van der Waals surface area (Å²) >= 11 is 10.8. The molecule has 0 fully saturated rings. The molecule has 0 N–H and O–H groups in total. The van der Waals surface area contributed by atoms with Crippen molar-refractivity contribution in [1.82, 2.24) is 0 Å². The van der Waals surface area contributed by atoms with Crippen LogP contribution in [0.15, 0.2) is 11.6 Å². The molecule has 4 heteroatoms. The number of rotatable bonds is 3. The van der Waals surface area contributed by atoms with Crippen LogP contribution in [0.3, 0.4) is 0 Å². The predicted molar refractivity (Wildman–Crippen MR) is 45.9 cm³/mol. The van der Waals surface area contributed by atoms with Gasteiger partial charge in [0.05, 0.1) is 6.61 Å². The summed E-state index contributed by atoms with van der Waals surface area (Å²) in [5.41, 5.74) is 0.432. The number of carbonyl (C=O) groups is 1. The first kappa shape index (κ1) is 10.8. The largest absolute Gasteiger partial charge is 0.463 e. The van der Waals surface area contributed by atoms with E-state index in [1.807, 2.05) is 0 Å². The van der Waals surface area contributed by atoms with Crippen molar-refractivity contribution < 1.29 is 9.53 Å². The lowest BCUT2D eigenvalue weighted by Crippen LogP contribution is -2.05. The van der Waals surface area contributed by atoms with Gasteiger partial charge in [-0.25, -0.2) is 4.79 Å². The van der Waals surface area contributed by atoms with Crippen molar-refractivity contribution in [3.63, 3.8) is 0 Å². The van der Waals surface area contributed by atoms with Crippen LogP contribution in [0.1, 0.15) is 13.8 Å². The van der Waals surface area contributed by atoms with Crippen LogP contribution in [0.25, 0.3) is 0 Å². The molecule has 0 aromatic carbocycles. The number of halogens is 2. The lowest BCUT2D eigenvalue weighted by Gasteiger charge is -2.00. The molecule has 0 bridgehead atoms. The highest BCUT2D eigenvalue weighted by Crippen LogP contribution is 2.07. The summed E-state index contributed by atoms with van der Waals surface area (Å²) in [5.74, 6) is -0.376. The normalized spacial score (nSPS) is 11.9. The fourth-order valence-electron chi connectivity index (χ4n) is 0.502. The number of hydrogen-bond donors (Lipinski definition) is 0. The number of allylic oxidation sites excluding steroid dienone is 1. The van der Waals surface area contributed by atoms with E-state index in [1.54, 1.807) is 13.8 Å². The molecule has 0 saturated carbocycles. The standard InChI is InChI=1S/C7H10Cl2O2/c1-3-11-7(10)5(2)4-6(8)9/h4,6H,3H2,1-2H3/b5-4+. The van der Waals surface area contributed by atoms with Crippen molar-refractivity contribution in [2.45, 2.75) is 18.7 Å². The minimum Gasteiger partial charge on any atom is -0.463 e. The van der Waals surface area contributed by atoms with E-state index in [0.29, 0.717) is 12.2 Å². The van der Waals surface area contributed by atoms with E-state index in [1.165, 1.54) is 6.08 Å². The summed E-state index contributed by atoms with van der Waals surface area (Å²) in [6.45, 7) is 3.71. The first-order valence-corrected chi connectivity index (χ1v) is 4.09. The van der Waals surface area contributed by atoms with E-state index in [4.69, 9.17) is 23.2 Å². The third-order valence-electron chi connectivity index (χ3n) is 0.973. The van der Waals surface area contributed by atoms with Crippen LogP contribution in [0.2, 0.25) is 0 Å². The molecule has 0 saturated heterocycles. The number of hydrogen-bond acceptors (Lipinski definition) is 2. The minimum absolute atomic E-state index is 0.360. The summed E-state index contributed by atoms with van der Waals surface area (Å²) in [6, 6.07) is 0. The minimum atomic E-state index is -0.653. The van der Waals surface area contributed by atoms with E-state index in [-0.39, 0.29) is 5.97 Å². The van der Waals surface area contributed by atoms with Crippen molar-refractivity contribution in [3.8, 4) is 0 Å². The van der Waals surface area contributed by atoms with E-state index < -0.39 is 4.84 Å². The third kappa shape index (κ3) is 5.10. The first-order chi connectivity index (χ1) is 5.07. The van der Waals surface area contributed by atoms with Gasteiger partial charge in [0.2, 0.25) is 0 Å².